The topological polar surface area (TPSA) is 78.4 Å². The third-order valence-electron chi connectivity index (χ3n) is 6.12. The van der Waals surface area contributed by atoms with Crippen molar-refractivity contribution in [1.29, 1.82) is 0 Å². The third-order valence-corrected chi connectivity index (χ3v) is 6.12. The van der Waals surface area contributed by atoms with E-state index in [9.17, 15) is 5.11 Å². The lowest BCUT2D eigenvalue weighted by Crippen LogP contribution is -2.46. The molecule has 7 heteroatoms. The van der Waals surface area contributed by atoms with Crippen LogP contribution in [0.25, 0.3) is 0 Å². The fourth-order valence-electron chi connectivity index (χ4n) is 4.29. The fraction of sp³-hybridized carbons (Fsp3) is 0.696. The first-order valence-electron chi connectivity index (χ1n) is 11.2. The molecule has 3 rings (SSSR count). The maximum Gasteiger partial charge on any atom is 0.191 e. The van der Waals surface area contributed by atoms with E-state index in [1.165, 1.54) is 11.1 Å². The molecule has 0 amide bonds. The van der Waals surface area contributed by atoms with Crippen molar-refractivity contribution < 1.29 is 14.6 Å². The monoisotopic (exact) mass is 418 g/mol. The number of nitrogens with one attached hydrogen (secondary N) is 2. The molecule has 0 bridgehead atoms. The van der Waals surface area contributed by atoms with Crippen LogP contribution in [0.1, 0.15) is 36.9 Å². The predicted molar refractivity (Wildman–Crippen MR) is 120 cm³/mol. The molecule has 2 saturated heterocycles. The van der Waals surface area contributed by atoms with Crippen molar-refractivity contribution in [1.82, 2.24) is 15.5 Å². The Bertz CT molecular complexity index is 670. The molecule has 0 aliphatic carbocycles. The number of rotatable bonds is 9. The van der Waals surface area contributed by atoms with Gasteiger partial charge in [0.05, 0.1) is 32.4 Å². The number of hydrogen-bond acceptors (Lipinski definition) is 5. The summed E-state index contributed by atoms with van der Waals surface area (Å²) in [4.78, 5) is 7.37. The summed E-state index contributed by atoms with van der Waals surface area (Å²) in [6, 6.07) is 9.03. The van der Waals surface area contributed by atoms with Crippen LogP contribution >= 0.6 is 0 Å². The second kappa shape index (κ2) is 11.6. The van der Waals surface area contributed by atoms with Crippen LogP contribution in [0.3, 0.4) is 0 Å². The number of morpholine rings is 1. The highest BCUT2D eigenvalue weighted by Gasteiger charge is 2.34. The molecule has 0 radical (unpaired) electrons. The lowest BCUT2D eigenvalue weighted by molar-refractivity contribution is 0.0170. The van der Waals surface area contributed by atoms with Crippen molar-refractivity contribution in [3.05, 3.63) is 35.4 Å². The molecule has 2 fully saturated rings. The van der Waals surface area contributed by atoms with Gasteiger partial charge in [0.15, 0.2) is 5.96 Å². The van der Waals surface area contributed by atoms with Crippen LogP contribution in [0.4, 0.5) is 0 Å². The molecule has 1 aromatic carbocycles. The highest BCUT2D eigenvalue weighted by Crippen LogP contribution is 2.32. The van der Waals surface area contributed by atoms with E-state index >= 15 is 0 Å². The van der Waals surface area contributed by atoms with Crippen LogP contribution in [0.5, 0.6) is 0 Å². The second-order valence-electron chi connectivity index (χ2n) is 8.43. The molecule has 2 aliphatic heterocycles. The van der Waals surface area contributed by atoms with Crippen LogP contribution in [-0.2, 0) is 9.47 Å². The molecular formula is C23H38N4O3. The standard InChI is InChI=1S/C23H38N4O3/c1-3-24-22(26-17-23(7-11-28)8-12-30-18-23)25-16-21(27-9-13-29-14-10-27)20-6-4-5-19(2)15-20/h4-6,15,21,28H,3,7-14,16-18H2,1-2H3,(H2,24,25,26). The Labute approximate surface area is 180 Å². The molecule has 0 saturated carbocycles. The van der Waals surface area contributed by atoms with Gasteiger partial charge in [-0.05, 0) is 32.3 Å². The van der Waals surface area contributed by atoms with Crippen LogP contribution in [0.2, 0.25) is 0 Å². The number of guanidine groups is 1. The average molecular weight is 419 g/mol. The van der Waals surface area contributed by atoms with Crippen molar-refractivity contribution in [2.45, 2.75) is 32.7 Å². The third kappa shape index (κ3) is 6.41. The maximum absolute atomic E-state index is 9.48. The molecule has 0 spiro atoms. The van der Waals surface area contributed by atoms with E-state index in [0.717, 1.165) is 64.8 Å². The van der Waals surface area contributed by atoms with Crippen molar-refractivity contribution in [3.8, 4) is 0 Å². The van der Waals surface area contributed by atoms with Crippen molar-refractivity contribution >= 4 is 5.96 Å². The zero-order valence-corrected chi connectivity index (χ0v) is 18.5. The van der Waals surface area contributed by atoms with Crippen LogP contribution in [-0.4, -0.2) is 81.7 Å². The van der Waals surface area contributed by atoms with Crippen LogP contribution < -0.4 is 10.6 Å². The van der Waals surface area contributed by atoms with E-state index in [-0.39, 0.29) is 18.1 Å². The second-order valence-corrected chi connectivity index (χ2v) is 8.43. The summed E-state index contributed by atoms with van der Waals surface area (Å²) in [7, 11) is 0. The summed E-state index contributed by atoms with van der Waals surface area (Å²) in [6.45, 7) is 11.5. The van der Waals surface area contributed by atoms with Gasteiger partial charge in [-0.15, -0.1) is 0 Å². The number of aliphatic imine (C=N–C) groups is 1. The minimum Gasteiger partial charge on any atom is -0.396 e. The minimum atomic E-state index is -0.0444. The Morgan fingerprint density at radius 2 is 2.07 bits per heavy atom. The van der Waals surface area contributed by atoms with Gasteiger partial charge < -0.3 is 25.2 Å². The van der Waals surface area contributed by atoms with Crippen molar-refractivity contribution in [2.75, 3.05) is 65.8 Å². The zero-order valence-electron chi connectivity index (χ0n) is 18.5. The van der Waals surface area contributed by atoms with Gasteiger partial charge in [-0.25, -0.2) is 0 Å². The van der Waals surface area contributed by atoms with Gasteiger partial charge in [-0.2, -0.15) is 0 Å². The Kier molecular flexibility index (Phi) is 8.93. The van der Waals surface area contributed by atoms with E-state index in [4.69, 9.17) is 14.5 Å². The molecule has 1 aromatic rings. The SMILES string of the molecule is CCNC(=NCC1(CCO)CCOC1)NCC(c1cccc(C)c1)N1CCOCC1. The Balaban J connectivity index is 1.70. The van der Waals surface area contributed by atoms with E-state index in [0.29, 0.717) is 13.2 Å². The number of aliphatic hydroxyl groups excluding tert-OH is 1. The summed E-state index contributed by atoms with van der Waals surface area (Å²) in [5, 5.41) is 16.4. The Morgan fingerprint density at radius 1 is 1.23 bits per heavy atom. The van der Waals surface area contributed by atoms with E-state index in [1.54, 1.807) is 0 Å². The number of ether oxygens (including phenoxy) is 2. The number of benzene rings is 1. The van der Waals surface area contributed by atoms with E-state index < -0.39 is 0 Å². The highest BCUT2D eigenvalue weighted by atomic mass is 16.5. The normalized spacial score (nSPS) is 24.0. The van der Waals surface area contributed by atoms with E-state index in [2.05, 4.69) is 53.6 Å². The van der Waals surface area contributed by atoms with Crippen LogP contribution in [0, 0.1) is 12.3 Å². The summed E-state index contributed by atoms with van der Waals surface area (Å²) in [5.41, 5.74) is 2.55. The highest BCUT2D eigenvalue weighted by molar-refractivity contribution is 5.79. The van der Waals surface area contributed by atoms with Crippen molar-refractivity contribution in [2.24, 2.45) is 10.4 Å². The minimum absolute atomic E-state index is 0.0444. The van der Waals surface area contributed by atoms with Gasteiger partial charge in [0.1, 0.15) is 0 Å². The summed E-state index contributed by atoms with van der Waals surface area (Å²) >= 11 is 0. The summed E-state index contributed by atoms with van der Waals surface area (Å²) in [5.74, 6) is 0.827. The molecule has 2 heterocycles. The molecule has 3 N–H and O–H groups in total. The lowest BCUT2D eigenvalue weighted by atomic mass is 9.84. The Hall–Kier alpha value is -1.67. The first kappa shape index (κ1) is 23.0. The molecule has 7 nitrogen and oxygen atoms in total. The first-order valence-corrected chi connectivity index (χ1v) is 11.2. The smallest absolute Gasteiger partial charge is 0.191 e. The van der Waals surface area contributed by atoms with E-state index in [1.807, 2.05) is 0 Å². The molecule has 2 unspecified atom stereocenters. The summed E-state index contributed by atoms with van der Waals surface area (Å²) < 4.78 is 11.2. The number of aliphatic hydroxyl groups is 1. The molecular weight excluding hydrogens is 380 g/mol. The summed E-state index contributed by atoms with van der Waals surface area (Å²) in [6.07, 6.45) is 1.69. The van der Waals surface area contributed by atoms with Gasteiger partial charge in [-0.1, -0.05) is 29.8 Å². The molecule has 2 aliphatic rings. The zero-order chi connectivity index (χ0) is 21.2. The van der Waals surface area contributed by atoms with Gasteiger partial charge in [0.2, 0.25) is 0 Å². The number of aryl methyl sites for hydroxylation is 1. The van der Waals surface area contributed by atoms with Gasteiger partial charge in [0.25, 0.3) is 0 Å². The molecule has 168 valence electrons. The molecule has 2 atom stereocenters. The molecule has 0 aromatic heterocycles. The lowest BCUT2D eigenvalue weighted by Gasteiger charge is -2.35. The number of nitrogens with zero attached hydrogens (tertiary/aromatic N) is 2. The van der Waals surface area contributed by atoms with Gasteiger partial charge in [0, 0.05) is 44.8 Å². The molecule has 30 heavy (non-hydrogen) atoms. The Morgan fingerprint density at radius 3 is 2.73 bits per heavy atom. The largest absolute Gasteiger partial charge is 0.396 e. The van der Waals surface area contributed by atoms with Gasteiger partial charge >= 0.3 is 0 Å². The fourth-order valence-corrected chi connectivity index (χ4v) is 4.29. The maximum atomic E-state index is 9.48. The van der Waals surface area contributed by atoms with Gasteiger partial charge in [-0.3, -0.25) is 9.89 Å². The average Bonchev–Trinajstić information content (AvgIpc) is 3.22. The number of hydrogen-bond donors (Lipinski definition) is 3. The van der Waals surface area contributed by atoms with Crippen molar-refractivity contribution in [3.63, 3.8) is 0 Å². The first-order chi connectivity index (χ1) is 14.7. The van der Waals surface area contributed by atoms with Crippen LogP contribution in [0.15, 0.2) is 29.3 Å². The predicted octanol–water partition coefficient (Wildman–Crippen LogP) is 1.71. The quantitative estimate of drug-likeness (QED) is 0.419.